The molecular weight excluding hydrogens is 486 g/mol. The molecule has 38 heavy (non-hydrogen) atoms. The van der Waals surface area contributed by atoms with Gasteiger partial charge in [0.2, 0.25) is 17.7 Å². The van der Waals surface area contributed by atoms with E-state index in [4.69, 9.17) is 10.8 Å². The first-order valence-corrected chi connectivity index (χ1v) is 12.5. The second kappa shape index (κ2) is 12.9. The van der Waals surface area contributed by atoms with Crippen molar-refractivity contribution in [3.05, 3.63) is 71.9 Å². The third-order valence-corrected chi connectivity index (χ3v) is 6.34. The van der Waals surface area contributed by atoms with E-state index >= 15 is 0 Å². The number of aromatic nitrogens is 1. The molecule has 3 rings (SSSR count). The van der Waals surface area contributed by atoms with Gasteiger partial charge in [0.1, 0.15) is 18.1 Å². The number of nitrogens with two attached hydrogens (primary N) is 1. The number of hydrogen-bond donors (Lipinski definition) is 6. The highest BCUT2D eigenvalue weighted by molar-refractivity contribution is 5.95. The van der Waals surface area contributed by atoms with Crippen LogP contribution in [0, 0.1) is 5.92 Å². The lowest BCUT2D eigenvalue weighted by Gasteiger charge is -2.26. The van der Waals surface area contributed by atoms with Crippen molar-refractivity contribution < 1.29 is 24.3 Å². The number of fused-ring (bicyclic) bond motifs is 1. The molecule has 7 N–H and O–H groups in total. The van der Waals surface area contributed by atoms with E-state index < -0.39 is 47.9 Å². The molecular formula is C28H35N5O5. The van der Waals surface area contributed by atoms with Gasteiger partial charge in [0, 0.05) is 23.5 Å². The van der Waals surface area contributed by atoms with Crippen molar-refractivity contribution in [1.82, 2.24) is 20.9 Å². The molecule has 10 nitrogen and oxygen atoms in total. The first-order valence-electron chi connectivity index (χ1n) is 12.5. The van der Waals surface area contributed by atoms with Crippen molar-refractivity contribution in [2.75, 3.05) is 0 Å². The molecule has 0 saturated carbocycles. The van der Waals surface area contributed by atoms with Gasteiger partial charge < -0.3 is 31.8 Å². The van der Waals surface area contributed by atoms with Gasteiger partial charge in [-0.2, -0.15) is 0 Å². The Balaban J connectivity index is 1.81. The lowest BCUT2D eigenvalue weighted by molar-refractivity contribution is -0.142. The van der Waals surface area contributed by atoms with E-state index in [0.717, 1.165) is 22.0 Å². The molecule has 202 valence electrons. The topological polar surface area (TPSA) is 166 Å². The molecule has 3 amide bonds. The SMILES string of the molecule is CC(NC(=O)C(NC(=O)C(Cc1c[nH]c2ccccc12)NC(=O)C(N)Cc1ccccc1)C(C)C)C(=O)O. The van der Waals surface area contributed by atoms with Gasteiger partial charge in [0.05, 0.1) is 6.04 Å². The van der Waals surface area contributed by atoms with Crippen LogP contribution in [0.4, 0.5) is 0 Å². The average molecular weight is 522 g/mol. The van der Waals surface area contributed by atoms with E-state index in [-0.39, 0.29) is 18.8 Å². The van der Waals surface area contributed by atoms with Gasteiger partial charge in [-0.3, -0.25) is 19.2 Å². The second-order valence-electron chi connectivity index (χ2n) is 9.72. The molecule has 0 saturated heterocycles. The van der Waals surface area contributed by atoms with E-state index in [1.807, 2.05) is 54.6 Å². The number of aromatic amines is 1. The standard InChI is InChI=1S/C28H35N5O5/c1-16(2)24(27(36)31-17(3)28(37)38)33-26(35)23(14-19-15-30-22-12-8-7-11-20(19)22)32-25(34)21(29)13-18-9-5-4-6-10-18/h4-12,15-17,21,23-24,30H,13-14,29H2,1-3H3,(H,31,36)(H,32,34)(H,33,35)(H,37,38). The number of rotatable bonds is 12. The number of hydrogen-bond acceptors (Lipinski definition) is 5. The number of nitrogens with one attached hydrogen (secondary N) is 4. The minimum Gasteiger partial charge on any atom is -0.480 e. The lowest BCUT2D eigenvalue weighted by Crippen LogP contribution is -2.58. The molecule has 10 heteroatoms. The number of H-pyrrole nitrogens is 1. The zero-order valence-electron chi connectivity index (χ0n) is 21.7. The molecule has 1 aromatic heterocycles. The molecule has 0 fully saturated rings. The molecule has 0 radical (unpaired) electrons. The largest absolute Gasteiger partial charge is 0.480 e. The van der Waals surface area contributed by atoms with Crippen LogP contribution in [0.25, 0.3) is 10.9 Å². The van der Waals surface area contributed by atoms with Crippen molar-refractivity contribution in [1.29, 1.82) is 0 Å². The third kappa shape index (κ3) is 7.42. The van der Waals surface area contributed by atoms with Crippen molar-refractivity contribution >= 4 is 34.6 Å². The molecule has 0 aliphatic heterocycles. The number of amides is 3. The summed E-state index contributed by atoms with van der Waals surface area (Å²) in [6, 6.07) is 12.9. The van der Waals surface area contributed by atoms with Crippen LogP contribution in [0.3, 0.4) is 0 Å². The summed E-state index contributed by atoms with van der Waals surface area (Å²) in [6.07, 6.45) is 2.22. The van der Waals surface area contributed by atoms with Crippen LogP contribution in [0.15, 0.2) is 60.8 Å². The summed E-state index contributed by atoms with van der Waals surface area (Å²) in [4.78, 5) is 53.7. The number of carboxylic acids is 1. The van der Waals surface area contributed by atoms with Crippen molar-refractivity contribution in [3.63, 3.8) is 0 Å². The summed E-state index contributed by atoms with van der Waals surface area (Å²) in [7, 11) is 0. The van der Waals surface area contributed by atoms with Crippen molar-refractivity contribution in [2.45, 2.75) is 57.8 Å². The van der Waals surface area contributed by atoms with Crippen LogP contribution in [0.5, 0.6) is 0 Å². The zero-order valence-corrected chi connectivity index (χ0v) is 21.7. The van der Waals surface area contributed by atoms with Crippen LogP contribution in [0.2, 0.25) is 0 Å². The van der Waals surface area contributed by atoms with E-state index in [0.29, 0.717) is 0 Å². The fourth-order valence-electron chi connectivity index (χ4n) is 4.12. The summed E-state index contributed by atoms with van der Waals surface area (Å²) in [5, 5.41) is 17.9. The highest BCUT2D eigenvalue weighted by Crippen LogP contribution is 2.19. The number of carbonyl (C=O) groups excluding carboxylic acids is 3. The van der Waals surface area contributed by atoms with E-state index in [1.165, 1.54) is 6.92 Å². The van der Waals surface area contributed by atoms with Crippen LogP contribution in [-0.4, -0.2) is 57.9 Å². The Labute approximate surface area is 221 Å². The molecule has 2 aromatic carbocycles. The molecule has 0 aliphatic rings. The highest BCUT2D eigenvalue weighted by atomic mass is 16.4. The lowest BCUT2D eigenvalue weighted by atomic mass is 9.99. The normalized spacial score (nSPS) is 14.3. The fraction of sp³-hybridized carbons (Fsp3) is 0.357. The predicted octanol–water partition coefficient (Wildman–Crippen LogP) is 1.50. The maximum Gasteiger partial charge on any atom is 0.325 e. The van der Waals surface area contributed by atoms with Crippen LogP contribution in [-0.2, 0) is 32.0 Å². The Kier molecular flexibility index (Phi) is 9.61. The molecule has 4 unspecified atom stereocenters. The first kappa shape index (κ1) is 28.4. The maximum absolute atomic E-state index is 13.5. The summed E-state index contributed by atoms with van der Waals surface area (Å²) >= 11 is 0. The highest BCUT2D eigenvalue weighted by Gasteiger charge is 2.31. The van der Waals surface area contributed by atoms with E-state index in [2.05, 4.69) is 20.9 Å². The maximum atomic E-state index is 13.5. The predicted molar refractivity (Wildman–Crippen MR) is 144 cm³/mol. The number of para-hydroxylation sites is 1. The summed E-state index contributed by atoms with van der Waals surface area (Å²) < 4.78 is 0. The van der Waals surface area contributed by atoms with E-state index in [1.54, 1.807) is 20.0 Å². The van der Waals surface area contributed by atoms with Crippen LogP contribution < -0.4 is 21.7 Å². The van der Waals surface area contributed by atoms with Gasteiger partial charge in [0.25, 0.3) is 0 Å². The molecule has 0 bridgehead atoms. The van der Waals surface area contributed by atoms with Crippen LogP contribution >= 0.6 is 0 Å². The molecule has 0 aliphatic carbocycles. The van der Waals surface area contributed by atoms with Crippen LogP contribution in [0.1, 0.15) is 31.9 Å². The van der Waals surface area contributed by atoms with Crippen molar-refractivity contribution in [2.24, 2.45) is 11.7 Å². The first-order chi connectivity index (χ1) is 18.1. The Morgan fingerprint density at radius 2 is 1.50 bits per heavy atom. The second-order valence-corrected chi connectivity index (χ2v) is 9.72. The monoisotopic (exact) mass is 521 g/mol. The molecule has 4 atom stereocenters. The molecule has 1 heterocycles. The van der Waals surface area contributed by atoms with Gasteiger partial charge in [-0.25, -0.2) is 0 Å². The molecule has 0 spiro atoms. The van der Waals surface area contributed by atoms with Gasteiger partial charge in [-0.05, 0) is 36.5 Å². The Morgan fingerprint density at radius 1 is 0.842 bits per heavy atom. The quantitative estimate of drug-likeness (QED) is 0.211. The molecule has 3 aromatic rings. The number of carbonyl (C=O) groups is 4. The van der Waals surface area contributed by atoms with Crippen molar-refractivity contribution in [3.8, 4) is 0 Å². The van der Waals surface area contributed by atoms with Gasteiger partial charge in [0.15, 0.2) is 0 Å². The summed E-state index contributed by atoms with van der Waals surface area (Å²) in [6.45, 7) is 4.81. The summed E-state index contributed by atoms with van der Waals surface area (Å²) in [5.74, 6) is -3.23. The number of aliphatic carboxylic acids is 1. The van der Waals surface area contributed by atoms with Gasteiger partial charge in [-0.15, -0.1) is 0 Å². The average Bonchev–Trinajstić information content (AvgIpc) is 3.29. The Hall–Kier alpha value is -4.18. The van der Waals surface area contributed by atoms with E-state index in [9.17, 15) is 19.2 Å². The zero-order chi connectivity index (χ0) is 27.8. The minimum absolute atomic E-state index is 0.150. The third-order valence-electron chi connectivity index (χ3n) is 6.34. The van der Waals surface area contributed by atoms with Gasteiger partial charge in [-0.1, -0.05) is 62.4 Å². The smallest absolute Gasteiger partial charge is 0.325 e. The Morgan fingerprint density at radius 3 is 2.16 bits per heavy atom. The number of benzene rings is 2. The Bertz CT molecular complexity index is 1270. The number of carboxylic acid groups (broad SMARTS) is 1. The summed E-state index contributed by atoms with van der Waals surface area (Å²) in [5.41, 5.74) is 8.75. The minimum atomic E-state index is -1.19. The van der Waals surface area contributed by atoms with Gasteiger partial charge >= 0.3 is 5.97 Å². The fourth-order valence-corrected chi connectivity index (χ4v) is 4.12.